The van der Waals surface area contributed by atoms with E-state index in [2.05, 4.69) is 227 Å². The van der Waals surface area contributed by atoms with E-state index in [0.717, 1.165) is 50.3 Å². The monoisotopic (exact) mass is 1680 g/mol. The largest absolute Gasteiger partial charge is 0.456 e. The van der Waals surface area contributed by atoms with Gasteiger partial charge in [-0.2, -0.15) is 0 Å². The number of pyridine rings is 1. The van der Waals surface area contributed by atoms with Crippen molar-refractivity contribution < 1.29 is 27.7 Å². The minimum absolute atomic E-state index is 0.856. The first-order valence-electron chi connectivity index (χ1n) is 44.6. The van der Waals surface area contributed by atoms with Crippen molar-refractivity contribution in [2.45, 2.75) is 235 Å². The Morgan fingerprint density at radius 1 is 0.320 bits per heavy atom. The average molecular weight is 1680 g/mol. The van der Waals surface area contributed by atoms with E-state index in [1.54, 1.807) is 23.4 Å². The molecule has 0 atom stereocenters. The average Bonchev–Trinajstić information content (AvgIpc) is 1.54. The molecule has 18 rings (SSSR count). The lowest BCUT2D eigenvalue weighted by Crippen LogP contribution is -2.41. The van der Waals surface area contributed by atoms with Crippen molar-refractivity contribution in [1.82, 2.24) is 64.0 Å². The fourth-order valence-electron chi connectivity index (χ4n) is 13.9. The molecule has 656 valence electrons. The third kappa shape index (κ3) is 23.5. The van der Waals surface area contributed by atoms with E-state index < -0.39 is 0 Å². The fourth-order valence-corrected chi connectivity index (χ4v) is 15.1. The molecule has 0 spiro atoms. The minimum Gasteiger partial charge on any atom is -0.456 e. The van der Waals surface area contributed by atoms with Crippen molar-refractivity contribution >= 4 is 102 Å². The smallest absolute Gasteiger partial charge is 0.290 e. The van der Waals surface area contributed by atoms with E-state index >= 15 is 0 Å². The van der Waals surface area contributed by atoms with Crippen molar-refractivity contribution in [2.75, 3.05) is 0 Å². The molecule has 8 aromatic carbocycles. The van der Waals surface area contributed by atoms with E-state index in [9.17, 15) is 0 Å². The van der Waals surface area contributed by atoms with E-state index in [1.165, 1.54) is 126 Å². The summed E-state index contributed by atoms with van der Waals surface area (Å²) in [6.07, 6.45) is 18.2. The summed E-state index contributed by atoms with van der Waals surface area (Å²) in [6, 6.07) is 45.2. The highest BCUT2D eigenvalue weighted by molar-refractivity contribution is 7.25. The molecule has 0 amide bonds. The van der Waals surface area contributed by atoms with Crippen molar-refractivity contribution in [3.05, 3.63) is 245 Å². The number of fused-ring (bicyclic) bond motifs is 15. The predicted molar refractivity (Wildman–Crippen MR) is 524 cm³/mol. The third-order valence-corrected chi connectivity index (χ3v) is 20.4. The highest BCUT2D eigenvalue weighted by atomic mass is 32.1. The molecule has 0 bridgehead atoms. The van der Waals surface area contributed by atoms with E-state index in [-0.39, 0.29) is 0 Å². The van der Waals surface area contributed by atoms with Crippen LogP contribution in [-0.4, -0.2) is 64.0 Å². The van der Waals surface area contributed by atoms with Crippen molar-refractivity contribution in [3.8, 4) is 22.9 Å². The molecule has 0 saturated carbocycles. The van der Waals surface area contributed by atoms with Crippen molar-refractivity contribution in [2.24, 2.45) is 42.3 Å². The maximum atomic E-state index is 5.90. The van der Waals surface area contributed by atoms with Gasteiger partial charge >= 0.3 is 0 Å². The Balaban J connectivity index is 0.000000489. The van der Waals surface area contributed by atoms with Crippen LogP contribution in [0.15, 0.2) is 194 Å². The SMILES string of the molecule is CC.CC.CC.CC.CC.CC.CC.CC.CC.CC.CC.CC.Cc1c(C)c(C)c2c(c1C)c1cccc(C)c1[n+]1c2c(C)nn1C.Cc1cc2c(cc1-[n+]1ccnn1C)c1ccccc1n2C.Cc1cc2oc3ccccc3c2cc1-[n+]1ccnn1C.Cc1cc2sc3ccccc3c2cc1-[n+]1ccnn1C.Cc1cncnc1-[n+]1ccnn1C. The molecule has 18 aromatic rings. The summed E-state index contributed by atoms with van der Waals surface area (Å²) in [6.45, 7) is 69.6. The Kier molecular flexibility index (Phi) is 47.0. The summed E-state index contributed by atoms with van der Waals surface area (Å²) in [4.78, 5) is 17.3. The van der Waals surface area contributed by atoms with Crippen LogP contribution in [0.5, 0.6) is 0 Å². The van der Waals surface area contributed by atoms with Gasteiger partial charge in [0.15, 0.2) is 53.7 Å². The lowest BCUT2D eigenvalue weighted by molar-refractivity contribution is -0.691. The van der Waals surface area contributed by atoms with E-state index in [0.29, 0.717) is 0 Å². The normalized spacial score (nSPS) is 9.80. The molecule has 122 heavy (non-hydrogen) atoms. The van der Waals surface area contributed by atoms with Crippen molar-refractivity contribution in [1.29, 1.82) is 0 Å². The lowest BCUT2D eigenvalue weighted by atomic mass is 9.89. The number of para-hydroxylation sites is 3. The van der Waals surface area contributed by atoms with E-state index in [4.69, 9.17) is 9.52 Å². The molecule has 0 N–H and O–H groups in total. The molecule has 0 unspecified atom stereocenters. The first-order chi connectivity index (χ1) is 59.3. The second kappa shape index (κ2) is 53.9. The van der Waals surface area contributed by atoms with Crippen molar-refractivity contribution in [3.63, 3.8) is 0 Å². The minimum atomic E-state index is 0.856. The molecule has 19 nitrogen and oxygen atoms in total. The van der Waals surface area contributed by atoms with Crippen LogP contribution in [0.1, 0.15) is 222 Å². The van der Waals surface area contributed by atoms with Gasteiger partial charge in [-0.3, -0.25) is 0 Å². The van der Waals surface area contributed by atoms with E-state index in [1.807, 2.05) is 304 Å². The number of nitrogens with zero attached hydrogens (tertiary/aromatic N) is 18. The van der Waals surface area contributed by atoms with Gasteiger partial charge in [-0.25, -0.2) is 4.98 Å². The Morgan fingerprint density at radius 3 is 1.25 bits per heavy atom. The van der Waals surface area contributed by atoms with Crippen LogP contribution in [0.25, 0.3) is 114 Å². The number of aryl methyl sites for hydroxylation is 14. The zero-order valence-corrected chi connectivity index (χ0v) is 83.1. The number of rotatable bonds is 4. The van der Waals surface area contributed by atoms with Crippen LogP contribution in [0.3, 0.4) is 0 Å². The number of thiophene rings is 1. The Morgan fingerprint density at radius 2 is 0.746 bits per heavy atom. The summed E-state index contributed by atoms with van der Waals surface area (Å²) in [5, 5.41) is 33.1. The Bertz CT molecular complexity index is 5980. The maximum Gasteiger partial charge on any atom is 0.290 e. The topological polar surface area (TPSA) is 153 Å². The predicted octanol–water partition coefficient (Wildman–Crippen LogP) is 25.4. The molecule has 10 aromatic heterocycles. The first-order valence-corrected chi connectivity index (χ1v) is 45.5. The third-order valence-electron chi connectivity index (χ3n) is 19.2. The molecule has 0 aliphatic rings. The highest BCUT2D eigenvalue weighted by Gasteiger charge is 2.27. The van der Waals surface area contributed by atoms with Crippen LogP contribution in [0.4, 0.5) is 0 Å². The lowest BCUT2D eigenvalue weighted by Gasteiger charge is -2.16. The molecule has 0 aliphatic carbocycles. The summed E-state index contributed by atoms with van der Waals surface area (Å²) >= 11 is 1.85. The zero-order chi connectivity index (χ0) is 92.5. The molecule has 0 saturated heterocycles. The van der Waals surface area contributed by atoms with Gasteiger partial charge in [0.2, 0.25) is 29.8 Å². The van der Waals surface area contributed by atoms with Gasteiger partial charge in [-0.05, 0) is 181 Å². The summed E-state index contributed by atoms with van der Waals surface area (Å²) in [5.41, 5.74) is 22.9. The van der Waals surface area contributed by atoms with Crippen LogP contribution in [0.2, 0.25) is 0 Å². The molecule has 0 radical (unpaired) electrons. The Hall–Kier alpha value is -11.6. The van der Waals surface area contributed by atoms with Gasteiger partial charge < -0.3 is 8.98 Å². The first kappa shape index (κ1) is 106. The van der Waals surface area contributed by atoms with Crippen LogP contribution >= 0.6 is 11.3 Å². The van der Waals surface area contributed by atoms with Crippen LogP contribution in [-0.2, 0) is 42.3 Å². The summed E-state index contributed by atoms with van der Waals surface area (Å²) < 4.78 is 21.1. The molecule has 10 heterocycles. The zero-order valence-electron chi connectivity index (χ0n) is 82.3. The number of furan rings is 1. The number of benzene rings is 8. The second-order valence-electron chi connectivity index (χ2n) is 25.3. The Labute approximate surface area is 735 Å². The van der Waals surface area contributed by atoms with Crippen LogP contribution in [0, 0.1) is 69.2 Å². The van der Waals surface area contributed by atoms with Gasteiger partial charge in [-0.15, -0.1) is 34.6 Å². The van der Waals surface area contributed by atoms with Gasteiger partial charge in [-0.1, -0.05) is 243 Å². The molecule has 0 fully saturated rings. The number of hydrogen-bond acceptors (Lipinski definition) is 9. The highest BCUT2D eigenvalue weighted by Crippen LogP contribution is 2.39. The summed E-state index contributed by atoms with van der Waals surface area (Å²) in [7, 11) is 11.8. The maximum absolute atomic E-state index is 5.90. The van der Waals surface area contributed by atoms with Gasteiger partial charge in [0.25, 0.3) is 5.82 Å². The molecule has 0 aliphatic heterocycles. The second-order valence-corrected chi connectivity index (χ2v) is 26.4. The number of aromatic nitrogens is 18. The van der Waals surface area contributed by atoms with Gasteiger partial charge in [0.1, 0.15) is 17.4 Å². The fraction of sp³-hybridized carbons (Fsp3) is 0.392. The van der Waals surface area contributed by atoms with Gasteiger partial charge in [0.05, 0.1) is 35.2 Å². The van der Waals surface area contributed by atoms with Crippen LogP contribution < -0.4 is 23.2 Å². The quantitative estimate of drug-likeness (QED) is 0.125. The number of hydrogen-bond donors (Lipinski definition) is 0. The molecular weight excluding hydrogens is 1530 g/mol. The van der Waals surface area contributed by atoms with Gasteiger partial charge in [0, 0.05) is 126 Å². The molecular formula is C102H151N18OS+5. The standard InChI is InChI=1S/C21H24N3.C17H17N4.C16H14N3O.C16H14N3S.C8H10N5.12C2H6/c1-11-9-8-10-17-18-14(4)12(2)13(3)15(5)19(18)21-16(6)22-23(7)24(21)20(11)17;1-12-10-17-14(11-16(12)21-9-8-18-20(21)3)13-6-4-5-7-15(13)19(17)2;2*1-11-9-16-13(12-5-3-4-6-15(12)20-16)10-14(11)19-8-7-17-18(19)2;1-7-5-9-6-10-8(7)13-4-3-11-12(13)2;12*1-2/h8-10H,1-7H3;4-11H,1-3H3;2*3-10H,1-2H3;3-6H,1-2H3;12*1-2H3/q5*+1;;;;;;;;;;;;. The summed E-state index contributed by atoms with van der Waals surface area (Å²) in [5.74, 6) is 0.856. The molecule has 20 heteroatoms.